The summed E-state index contributed by atoms with van der Waals surface area (Å²) < 4.78 is 1.91. The number of likely N-dealkylation sites (N-methyl/N-ethyl adjacent to an activating group) is 1. The Morgan fingerprint density at radius 2 is 2.04 bits per heavy atom. The molecule has 2 fully saturated rings. The van der Waals surface area contributed by atoms with Gasteiger partial charge in [-0.3, -0.25) is 10.2 Å². The molecule has 26 heavy (non-hydrogen) atoms. The third-order valence-corrected chi connectivity index (χ3v) is 5.62. The zero-order valence-electron chi connectivity index (χ0n) is 15.3. The standard InChI is InChI=1S/C19H26N6O/c1-24(2)19(26)18-15-10-14(8-9-16(15)20-22-18)17-12-25(23-21-17)11-13-6-4-3-5-7-13/h3-7,12,14-16,18,20,22H,8-11H2,1-2H3. The molecule has 2 N–H and O–H groups in total. The van der Waals surface area contributed by atoms with Crippen molar-refractivity contribution in [2.24, 2.45) is 5.92 Å². The number of hydrogen-bond acceptors (Lipinski definition) is 5. The smallest absolute Gasteiger partial charge is 0.240 e. The molecule has 1 aliphatic carbocycles. The lowest BCUT2D eigenvalue weighted by Gasteiger charge is -2.32. The summed E-state index contributed by atoms with van der Waals surface area (Å²) in [6.45, 7) is 0.734. The van der Waals surface area contributed by atoms with E-state index in [-0.39, 0.29) is 11.9 Å². The molecule has 1 saturated carbocycles. The van der Waals surface area contributed by atoms with Crippen molar-refractivity contribution in [2.45, 2.75) is 43.8 Å². The Kier molecular flexibility index (Phi) is 4.74. The number of nitrogens with zero attached hydrogens (tertiary/aromatic N) is 4. The van der Waals surface area contributed by atoms with Crippen LogP contribution in [0.25, 0.3) is 0 Å². The maximum absolute atomic E-state index is 12.4. The van der Waals surface area contributed by atoms with Gasteiger partial charge in [0.05, 0.1) is 12.2 Å². The Morgan fingerprint density at radius 1 is 1.23 bits per heavy atom. The normalized spacial score (nSPS) is 27.9. The van der Waals surface area contributed by atoms with Crippen molar-refractivity contribution < 1.29 is 4.79 Å². The largest absolute Gasteiger partial charge is 0.347 e. The Morgan fingerprint density at radius 3 is 2.81 bits per heavy atom. The van der Waals surface area contributed by atoms with Gasteiger partial charge in [0.2, 0.25) is 5.91 Å². The number of fused-ring (bicyclic) bond motifs is 1. The molecule has 2 heterocycles. The summed E-state index contributed by atoms with van der Waals surface area (Å²) in [4.78, 5) is 14.1. The number of benzene rings is 1. The minimum atomic E-state index is -0.155. The molecule has 0 spiro atoms. The summed E-state index contributed by atoms with van der Waals surface area (Å²) in [5.74, 6) is 0.793. The molecule has 4 atom stereocenters. The van der Waals surface area contributed by atoms with Crippen LogP contribution in [0.5, 0.6) is 0 Å². The van der Waals surface area contributed by atoms with Crippen molar-refractivity contribution in [3.8, 4) is 0 Å². The molecule has 1 aromatic heterocycles. The Balaban J connectivity index is 1.45. The molecule has 138 valence electrons. The van der Waals surface area contributed by atoms with Gasteiger partial charge in [-0.2, -0.15) is 0 Å². The van der Waals surface area contributed by atoms with Crippen molar-refractivity contribution in [3.05, 3.63) is 47.8 Å². The highest BCUT2D eigenvalue weighted by Gasteiger charge is 2.44. The fourth-order valence-electron chi connectivity index (χ4n) is 4.20. The topological polar surface area (TPSA) is 75.1 Å². The van der Waals surface area contributed by atoms with Crippen molar-refractivity contribution in [3.63, 3.8) is 0 Å². The predicted molar refractivity (Wildman–Crippen MR) is 98.2 cm³/mol. The van der Waals surface area contributed by atoms with Crippen LogP contribution in [-0.2, 0) is 11.3 Å². The van der Waals surface area contributed by atoms with Crippen LogP contribution in [0.15, 0.2) is 36.5 Å². The third kappa shape index (κ3) is 3.37. The number of rotatable bonds is 4. The fourth-order valence-corrected chi connectivity index (χ4v) is 4.20. The lowest BCUT2D eigenvalue weighted by Crippen LogP contribution is -2.45. The van der Waals surface area contributed by atoms with E-state index in [4.69, 9.17) is 0 Å². The lowest BCUT2D eigenvalue weighted by atomic mass is 9.74. The molecule has 7 heteroatoms. The number of carbonyl (C=O) groups excluding carboxylic acids is 1. The quantitative estimate of drug-likeness (QED) is 0.861. The third-order valence-electron chi connectivity index (χ3n) is 5.62. The minimum Gasteiger partial charge on any atom is -0.347 e. The SMILES string of the molecule is CN(C)C(=O)C1NNC2CCC(c3cn(Cc4ccccc4)nn3)CC21. The van der Waals surface area contributed by atoms with E-state index in [2.05, 4.69) is 39.5 Å². The molecule has 1 aliphatic heterocycles. The summed E-state index contributed by atoms with van der Waals surface area (Å²) >= 11 is 0. The van der Waals surface area contributed by atoms with Gasteiger partial charge >= 0.3 is 0 Å². The summed E-state index contributed by atoms with van der Waals surface area (Å²) in [6, 6.07) is 10.5. The number of amides is 1. The summed E-state index contributed by atoms with van der Waals surface area (Å²) in [5, 5.41) is 8.75. The molecule has 7 nitrogen and oxygen atoms in total. The van der Waals surface area contributed by atoms with Crippen molar-refractivity contribution >= 4 is 5.91 Å². The van der Waals surface area contributed by atoms with E-state index >= 15 is 0 Å². The monoisotopic (exact) mass is 354 g/mol. The van der Waals surface area contributed by atoms with Crippen LogP contribution in [0.3, 0.4) is 0 Å². The Hall–Kier alpha value is -2.25. The molecular formula is C19H26N6O. The zero-order chi connectivity index (χ0) is 18.1. The summed E-state index contributed by atoms with van der Waals surface area (Å²) in [5.41, 5.74) is 8.78. The van der Waals surface area contributed by atoms with Crippen molar-refractivity contribution in [1.82, 2.24) is 30.7 Å². The Bertz CT molecular complexity index is 758. The molecule has 1 amide bonds. The molecule has 4 rings (SSSR count). The minimum absolute atomic E-state index is 0.137. The maximum atomic E-state index is 12.4. The zero-order valence-corrected chi connectivity index (χ0v) is 15.3. The van der Waals surface area contributed by atoms with Gasteiger partial charge in [0.15, 0.2) is 0 Å². The average Bonchev–Trinajstić information content (AvgIpc) is 3.28. The van der Waals surface area contributed by atoms with Crippen LogP contribution in [0, 0.1) is 5.92 Å². The number of hydrogen-bond donors (Lipinski definition) is 2. The highest BCUT2D eigenvalue weighted by atomic mass is 16.2. The second-order valence-corrected chi connectivity index (χ2v) is 7.61. The van der Waals surface area contributed by atoms with Gasteiger partial charge in [-0.1, -0.05) is 35.5 Å². The maximum Gasteiger partial charge on any atom is 0.240 e. The first-order chi connectivity index (χ1) is 12.6. The number of carbonyl (C=O) groups is 1. The number of nitrogens with one attached hydrogen (secondary N) is 2. The van der Waals surface area contributed by atoms with Crippen molar-refractivity contribution in [1.29, 1.82) is 0 Å². The van der Waals surface area contributed by atoms with Crippen LogP contribution < -0.4 is 10.9 Å². The molecule has 0 radical (unpaired) electrons. The van der Waals surface area contributed by atoms with Gasteiger partial charge in [-0.15, -0.1) is 5.10 Å². The van der Waals surface area contributed by atoms with E-state index in [1.54, 1.807) is 4.90 Å². The first kappa shape index (κ1) is 17.2. The van der Waals surface area contributed by atoms with Crippen LogP contribution in [0.2, 0.25) is 0 Å². The highest BCUT2D eigenvalue weighted by molar-refractivity contribution is 5.82. The summed E-state index contributed by atoms with van der Waals surface area (Å²) in [7, 11) is 3.62. The van der Waals surface area contributed by atoms with Gasteiger partial charge in [-0.25, -0.2) is 10.1 Å². The predicted octanol–water partition coefficient (Wildman–Crippen LogP) is 1.14. The van der Waals surface area contributed by atoms with Gasteiger partial charge in [-0.05, 0) is 24.8 Å². The van der Waals surface area contributed by atoms with Gasteiger partial charge in [0, 0.05) is 38.2 Å². The number of hydrazine groups is 1. The van der Waals surface area contributed by atoms with E-state index in [0.717, 1.165) is 31.5 Å². The number of aromatic nitrogens is 3. The van der Waals surface area contributed by atoms with Gasteiger partial charge < -0.3 is 4.90 Å². The van der Waals surface area contributed by atoms with Gasteiger partial charge in [0.25, 0.3) is 0 Å². The first-order valence-corrected chi connectivity index (χ1v) is 9.28. The summed E-state index contributed by atoms with van der Waals surface area (Å²) in [6.07, 6.45) is 5.14. The van der Waals surface area contributed by atoms with E-state index < -0.39 is 0 Å². The Labute approximate surface area is 153 Å². The molecule has 1 saturated heterocycles. The van der Waals surface area contributed by atoms with E-state index in [1.807, 2.05) is 37.0 Å². The molecule has 4 unspecified atom stereocenters. The van der Waals surface area contributed by atoms with E-state index in [1.165, 1.54) is 5.56 Å². The second-order valence-electron chi connectivity index (χ2n) is 7.61. The van der Waals surface area contributed by atoms with Gasteiger partial charge in [0.1, 0.15) is 6.04 Å². The molecule has 2 aliphatic rings. The molecule has 1 aromatic carbocycles. The molecule has 0 bridgehead atoms. The van der Waals surface area contributed by atoms with E-state index in [0.29, 0.717) is 17.9 Å². The van der Waals surface area contributed by atoms with Crippen LogP contribution in [0.1, 0.15) is 36.4 Å². The second kappa shape index (κ2) is 7.17. The molecular weight excluding hydrogens is 328 g/mol. The van der Waals surface area contributed by atoms with E-state index in [9.17, 15) is 4.79 Å². The first-order valence-electron chi connectivity index (χ1n) is 9.28. The van der Waals surface area contributed by atoms with Crippen LogP contribution in [-0.4, -0.2) is 52.0 Å². The highest BCUT2D eigenvalue weighted by Crippen LogP contribution is 2.39. The van der Waals surface area contributed by atoms with Crippen LogP contribution in [0.4, 0.5) is 0 Å². The van der Waals surface area contributed by atoms with Crippen molar-refractivity contribution in [2.75, 3.05) is 14.1 Å². The molecule has 2 aromatic rings. The van der Waals surface area contributed by atoms with Crippen LogP contribution >= 0.6 is 0 Å². The lowest BCUT2D eigenvalue weighted by molar-refractivity contribution is -0.131. The fraction of sp³-hybridized carbons (Fsp3) is 0.526. The average molecular weight is 354 g/mol.